The molecular formula is C20H23N5O. The molecule has 3 heterocycles. The Balaban J connectivity index is 1.56. The lowest BCUT2D eigenvalue weighted by Crippen LogP contribution is -2.45. The Morgan fingerprint density at radius 2 is 2.04 bits per heavy atom. The number of H-pyrrole nitrogens is 1. The van der Waals surface area contributed by atoms with Gasteiger partial charge in [0, 0.05) is 37.4 Å². The number of benzene rings is 1. The predicted octanol–water partition coefficient (Wildman–Crippen LogP) is 3.09. The Labute approximate surface area is 152 Å². The van der Waals surface area contributed by atoms with Crippen LogP contribution in [0.25, 0.3) is 11.0 Å². The first-order chi connectivity index (χ1) is 12.6. The van der Waals surface area contributed by atoms with Gasteiger partial charge in [0.1, 0.15) is 17.8 Å². The number of fused-ring (bicyclic) bond motifs is 1. The van der Waals surface area contributed by atoms with Gasteiger partial charge < -0.3 is 14.8 Å². The average molecular weight is 349 g/mol. The summed E-state index contributed by atoms with van der Waals surface area (Å²) in [6.07, 6.45) is 5.49. The normalized spacial score (nSPS) is 19.8. The molecule has 0 unspecified atom stereocenters. The van der Waals surface area contributed by atoms with Crippen LogP contribution in [0.3, 0.4) is 0 Å². The SMILES string of the molecule is C[C@H]1CC[C@H](CN(C)c2ncnc3[nH]ccc23)N1C(=O)c1ccccc1. The second-order valence-electron chi connectivity index (χ2n) is 6.98. The Morgan fingerprint density at radius 3 is 2.85 bits per heavy atom. The summed E-state index contributed by atoms with van der Waals surface area (Å²) in [7, 11) is 2.03. The highest BCUT2D eigenvalue weighted by molar-refractivity contribution is 5.95. The standard InChI is InChI=1S/C20H23N5O/c1-14-8-9-16(25(14)20(26)15-6-4-3-5-7-15)12-24(2)19-17-10-11-21-18(17)22-13-23-19/h3-7,10-11,13-14,16H,8-9,12H2,1-2H3,(H,21,22,23)/t14-,16+/m0/s1. The molecule has 6 nitrogen and oxygen atoms in total. The van der Waals surface area contributed by atoms with Gasteiger partial charge in [-0.2, -0.15) is 0 Å². The van der Waals surface area contributed by atoms with Crippen LogP contribution in [0, 0.1) is 0 Å². The van der Waals surface area contributed by atoms with Crippen LogP contribution in [-0.4, -0.2) is 51.4 Å². The van der Waals surface area contributed by atoms with E-state index in [0.717, 1.165) is 41.8 Å². The number of hydrogen-bond donors (Lipinski definition) is 1. The van der Waals surface area contributed by atoms with Gasteiger partial charge >= 0.3 is 0 Å². The van der Waals surface area contributed by atoms with Gasteiger partial charge in [-0.1, -0.05) is 18.2 Å². The van der Waals surface area contributed by atoms with Gasteiger partial charge in [-0.25, -0.2) is 9.97 Å². The molecule has 4 rings (SSSR count). The van der Waals surface area contributed by atoms with Crippen LogP contribution in [0.5, 0.6) is 0 Å². The fourth-order valence-corrected chi connectivity index (χ4v) is 3.91. The van der Waals surface area contributed by atoms with E-state index in [1.165, 1.54) is 0 Å². The number of likely N-dealkylation sites (tertiary alicyclic amines) is 1. The van der Waals surface area contributed by atoms with Crippen LogP contribution in [0.15, 0.2) is 48.9 Å². The molecule has 1 fully saturated rings. The number of carbonyl (C=O) groups is 1. The number of rotatable bonds is 4. The minimum atomic E-state index is 0.114. The van der Waals surface area contributed by atoms with Crippen molar-refractivity contribution in [2.75, 3.05) is 18.5 Å². The molecule has 0 aliphatic carbocycles. The summed E-state index contributed by atoms with van der Waals surface area (Å²) < 4.78 is 0. The Morgan fingerprint density at radius 1 is 1.23 bits per heavy atom. The van der Waals surface area contributed by atoms with Gasteiger partial charge in [0.2, 0.25) is 0 Å². The molecule has 1 aliphatic rings. The van der Waals surface area contributed by atoms with Crippen molar-refractivity contribution in [3.05, 3.63) is 54.5 Å². The zero-order valence-electron chi connectivity index (χ0n) is 15.1. The number of nitrogens with one attached hydrogen (secondary N) is 1. The minimum absolute atomic E-state index is 0.114. The summed E-state index contributed by atoms with van der Waals surface area (Å²) >= 11 is 0. The Kier molecular flexibility index (Phi) is 4.32. The molecule has 3 aromatic rings. The zero-order valence-corrected chi connectivity index (χ0v) is 15.1. The van der Waals surface area contributed by atoms with Crippen LogP contribution in [-0.2, 0) is 0 Å². The highest BCUT2D eigenvalue weighted by Crippen LogP contribution is 2.28. The third-order valence-electron chi connectivity index (χ3n) is 5.22. The number of aromatic nitrogens is 3. The highest BCUT2D eigenvalue weighted by atomic mass is 16.2. The summed E-state index contributed by atoms with van der Waals surface area (Å²) in [5.41, 5.74) is 1.59. The minimum Gasteiger partial charge on any atom is -0.357 e. The van der Waals surface area contributed by atoms with Gasteiger partial charge in [-0.3, -0.25) is 4.79 Å². The van der Waals surface area contributed by atoms with Crippen molar-refractivity contribution in [1.82, 2.24) is 19.9 Å². The fraction of sp³-hybridized carbons (Fsp3) is 0.350. The second kappa shape index (κ2) is 6.78. The largest absolute Gasteiger partial charge is 0.357 e. The van der Waals surface area contributed by atoms with Crippen molar-refractivity contribution in [2.24, 2.45) is 0 Å². The van der Waals surface area contributed by atoms with Crippen LogP contribution in [0.2, 0.25) is 0 Å². The number of aromatic amines is 1. The van der Waals surface area contributed by atoms with Crippen molar-refractivity contribution in [3.8, 4) is 0 Å². The van der Waals surface area contributed by atoms with Gasteiger partial charge in [0.05, 0.1) is 5.39 Å². The van der Waals surface area contributed by atoms with Crippen molar-refractivity contribution in [1.29, 1.82) is 0 Å². The quantitative estimate of drug-likeness (QED) is 0.786. The Hall–Kier alpha value is -2.89. The summed E-state index contributed by atoms with van der Waals surface area (Å²) in [6, 6.07) is 12.0. The maximum absolute atomic E-state index is 13.0. The molecule has 2 atom stereocenters. The van der Waals surface area contributed by atoms with Gasteiger partial charge in [0.25, 0.3) is 5.91 Å². The highest BCUT2D eigenvalue weighted by Gasteiger charge is 2.35. The van der Waals surface area contributed by atoms with Crippen molar-refractivity contribution in [3.63, 3.8) is 0 Å². The second-order valence-corrected chi connectivity index (χ2v) is 6.98. The van der Waals surface area contributed by atoms with E-state index in [1.54, 1.807) is 6.33 Å². The molecule has 0 saturated carbocycles. The lowest BCUT2D eigenvalue weighted by molar-refractivity contribution is 0.0685. The zero-order chi connectivity index (χ0) is 18.1. The molecule has 26 heavy (non-hydrogen) atoms. The topological polar surface area (TPSA) is 65.1 Å². The van der Waals surface area contributed by atoms with Crippen molar-refractivity contribution >= 4 is 22.8 Å². The first-order valence-corrected chi connectivity index (χ1v) is 9.02. The van der Waals surface area contributed by atoms with E-state index in [1.807, 2.05) is 54.5 Å². The molecule has 1 aliphatic heterocycles. The number of anilines is 1. The maximum Gasteiger partial charge on any atom is 0.254 e. The summed E-state index contributed by atoms with van der Waals surface area (Å²) in [5.74, 6) is 1.01. The molecule has 0 bridgehead atoms. The lowest BCUT2D eigenvalue weighted by Gasteiger charge is -2.32. The van der Waals surface area contributed by atoms with Gasteiger partial charge in [-0.05, 0) is 38.0 Å². The molecule has 2 aromatic heterocycles. The number of likely N-dealkylation sites (N-methyl/N-ethyl adjacent to an activating group) is 1. The summed E-state index contributed by atoms with van der Waals surface area (Å²) in [5, 5.41) is 1.00. The third-order valence-corrected chi connectivity index (χ3v) is 5.22. The number of nitrogens with zero attached hydrogens (tertiary/aromatic N) is 4. The fourth-order valence-electron chi connectivity index (χ4n) is 3.91. The van der Waals surface area contributed by atoms with E-state index in [9.17, 15) is 4.79 Å². The number of carbonyl (C=O) groups excluding carboxylic acids is 1. The van der Waals surface area contributed by atoms with Crippen LogP contribution in [0.1, 0.15) is 30.1 Å². The number of amides is 1. The van der Waals surface area contributed by atoms with E-state index in [-0.39, 0.29) is 18.0 Å². The summed E-state index contributed by atoms with van der Waals surface area (Å²) in [6.45, 7) is 2.89. The monoisotopic (exact) mass is 349 g/mol. The summed E-state index contributed by atoms with van der Waals surface area (Å²) in [4.78, 5) is 29.0. The molecule has 0 radical (unpaired) electrons. The Bertz CT molecular complexity index is 907. The van der Waals surface area contributed by atoms with Gasteiger partial charge in [-0.15, -0.1) is 0 Å². The average Bonchev–Trinajstić information content (AvgIpc) is 3.28. The maximum atomic E-state index is 13.0. The van der Waals surface area contributed by atoms with Crippen molar-refractivity contribution < 1.29 is 4.79 Å². The lowest BCUT2D eigenvalue weighted by atomic mass is 10.1. The van der Waals surface area contributed by atoms with Crippen LogP contribution < -0.4 is 4.90 Å². The molecule has 134 valence electrons. The molecule has 1 saturated heterocycles. The van der Waals surface area contributed by atoms with Gasteiger partial charge in [0.15, 0.2) is 0 Å². The number of hydrogen-bond acceptors (Lipinski definition) is 4. The van der Waals surface area contributed by atoms with Crippen LogP contribution in [0.4, 0.5) is 5.82 Å². The molecular weight excluding hydrogens is 326 g/mol. The van der Waals surface area contributed by atoms with E-state index in [4.69, 9.17) is 0 Å². The molecule has 1 amide bonds. The van der Waals surface area contributed by atoms with E-state index in [2.05, 4.69) is 26.8 Å². The van der Waals surface area contributed by atoms with Crippen molar-refractivity contribution in [2.45, 2.75) is 31.8 Å². The molecule has 6 heteroatoms. The van der Waals surface area contributed by atoms with Crippen LogP contribution >= 0.6 is 0 Å². The first-order valence-electron chi connectivity index (χ1n) is 9.02. The third kappa shape index (κ3) is 2.92. The van der Waals surface area contributed by atoms with E-state index < -0.39 is 0 Å². The molecule has 1 N–H and O–H groups in total. The van der Waals surface area contributed by atoms with E-state index in [0.29, 0.717) is 0 Å². The van der Waals surface area contributed by atoms with E-state index >= 15 is 0 Å². The first kappa shape index (κ1) is 16.6. The smallest absolute Gasteiger partial charge is 0.254 e. The molecule has 0 spiro atoms. The predicted molar refractivity (Wildman–Crippen MR) is 102 cm³/mol. The molecule has 1 aromatic carbocycles.